The summed E-state index contributed by atoms with van der Waals surface area (Å²) in [6.45, 7) is 6.18. The summed E-state index contributed by atoms with van der Waals surface area (Å²) in [5.41, 5.74) is 3.55. The number of anilines is 1. The maximum Gasteiger partial charge on any atom is 0.155 e. The first-order valence-electron chi connectivity index (χ1n) is 10.3. The number of aromatic nitrogens is 2. The summed E-state index contributed by atoms with van der Waals surface area (Å²) in [5, 5.41) is 2.79. The Kier molecular flexibility index (Phi) is 5.16. The maximum absolute atomic E-state index is 6.36. The van der Waals surface area contributed by atoms with Crippen LogP contribution in [0.15, 0.2) is 80.7 Å². The highest BCUT2D eigenvalue weighted by atomic mass is 79.9. The van der Waals surface area contributed by atoms with Gasteiger partial charge in [0.25, 0.3) is 0 Å². The summed E-state index contributed by atoms with van der Waals surface area (Å²) in [7, 11) is 0. The third kappa shape index (κ3) is 3.68. The molecular formula is C25H21BrN4O. The zero-order valence-electron chi connectivity index (χ0n) is 17.3. The van der Waals surface area contributed by atoms with Crippen molar-refractivity contribution in [3.05, 3.63) is 76.7 Å². The molecule has 0 spiro atoms. The summed E-state index contributed by atoms with van der Waals surface area (Å²) < 4.78 is 7.35. The van der Waals surface area contributed by atoms with Crippen molar-refractivity contribution in [1.82, 2.24) is 9.97 Å². The second-order valence-corrected chi connectivity index (χ2v) is 8.19. The van der Waals surface area contributed by atoms with Crippen LogP contribution in [0.4, 0.5) is 11.5 Å². The van der Waals surface area contributed by atoms with Crippen LogP contribution in [0.25, 0.3) is 33.3 Å². The number of halogens is 1. The normalized spacial score (nSPS) is 12.2. The Balaban J connectivity index is 1.82. The Morgan fingerprint density at radius 3 is 2.61 bits per heavy atom. The van der Waals surface area contributed by atoms with Gasteiger partial charge < -0.3 is 9.32 Å². The van der Waals surface area contributed by atoms with Gasteiger partial charge >= 0.3 is 0 Å². The highest BCUT2D eigenvalue weighted by molar-refractivity contribution is 9.10. The average Bonchev–Trinajstić information content (AvgIpc) is 2.79. The van der Waals surface area contributed by atoms with E-state index in [-0.39, 0.29) is 0 Å². The molecule has 2 aliphatic rings. The van der Waals surface area contributed by atoms with Crippen molar-refractivity contribution in [2.45, 2.75) is 13.8 Å². The van der Waals surface area contributed by atoms with Gasteiger partial charge in [0.15, 0.2) is 17.2 Å². The van der Waals surface area contributed by atoms with Crippen molar-refractivity contribution in [1.29, 1.82) is 0 Å². The van der Waals surface area contributed by atoms with Crippen LogP contribution in [-0.4, -0.2) is 23.1 Å². The third-order valence-corrected chi connectivity index (χ3v) is 5.92. The van der Waals surface area contributed by atoms with Crippen LogP contribution in [0, 0.1) is 0 Å². The summed E-state index contributed by atoms with van der Waals surface area (Å²) in [5.74, 6) is 1.36. The molecule has 1 aromatic heterocycles. The predicted molar refractivity (Wildman–Crippen MR) is 129 cm³/mol. The number of hydrogen-bond donors (Lipinski definition) is 0. The fraction of sp³-hybridized carbons (Fsp3) is 0.160. The predicted octanol–water partition coefficient (Wildman–Crippen LogP) is 6.32. The van der Waals surface area contributed by atoms with Gasteiger partial charge in [-0.2, -0.15) is 0 Å². The maximum atomic E-state index is 6.36. The van der Waals surface area contributed by atoms with Crippen LogP contribution in [0.5, 0.6) is 0 Å². The molecule has 2 heterocycles. The molecule has 5 nitrogen and oxygen atoms in total. The first-order chi connectivity index (χ1) is 15.2. The van der Waals surface area contributed by atoms with Crippen molar-refractivity contribution >= 4 is 49.3 Å². The molecule has 0 radical (unpaired) electrons. The van der Waals surface area contributed by atoms with Gasteiger partial charge in [0.2, 0.25) is 0 Å². The van der Waals surface area contributed by atoms with E-state index in [9.17, 15) is 0 Å². The van der Waals surface area contributed by atoms with Crippen molar-refractivity contribution in [3.8, 4) is 11.5 Å². The molecule has 0 saturated carbocycles. The number of benzene rings is 3. The Labute approximate surface area is 188 Å². The first-order valence-corrected chi connectivity index (χ1v) is 11.1. The average molecular weight is 473 g/mol. The van der Waals surface area contributed by atoms with Gasteiger partial charge in [0.05, 0.1) is 5.36 Å². The molecule has 2 aromatic carbocycles. The van der Waals surface area contributed by atoms with Crippen LogP contribution >= 0.6 is 15.9 Å². The second-order valence-electron chi connectivity index (χ2n) is 7.27. The van der Waals surface area contributed by atoms with E-state index in [0.29, 0.717) is 11.6 Å². The molecule has 0 atom stereocenters. The molecular weight excluding hydrogens is 452 g/mol. The SMILES string of the molecule is CCN(CC)c1ccc2nc3c4ccc(Br)cc4/c(=N/c4ccccn4)cc-3oc2c1. The molecule has 3 aromatic rings. The summed E-state index contributed by atoms with van der Waals surface area (Å²) in [4.78, 5) is 16.4. The largest absolute Gasteiger partial charge is 0.453 e. The van der Waals surface area contributed by atoms with Crippen LogP contribution in [-0.2, 0) is 0 Å². The van der Waals surface area contributed by atoms with Crippen molar-refractivity contribution in [2.24, 2.45) is 4.99 Å². The molecule has 31 heavy (non-hydrogen) atoms. The van der Waals surface area contributed by atoms with E-state index < -0.39 is 0 Å². The van der Waals surface area contributed by atoms with Gasteiger partial charge in [-0.15, -0.1) is 0 Å². The number of fused-ring (bicyclic) bond motifs is 4. The highest BCUT2D eigenvalue weighted by Gasteiger charge is 2.16. The van der Waals surface area contributed by atoms with E-state index in [1.165, 1.54) is 0 Å². The number of rotatable bonds is 4. The van der Waals surface area contributed by atoms with Gasteiger partial charge in [-0.25, -0.2) is 15.0 Å². The second kappa shape index (κ2) is 8.12. The minimum absolute atomic E-state index is 0.653. The molecule has 0 N–H and O–H groups in total. The molecule has 0 unspecified atom stereocenters. The molecule has 6 heteroatoms. The van der Waals surface area contributed by atoms with E-state index >= 15 is 0 Å². The number of pyridine rings is 1. The molecule has 0 bridgehead atoms. The highest BCUT2D eigenvalue weighted by Crippen LogP contribution is 2.33. The quantitative estimate of drug-likeness (QED) is 0.226. The number of hydrogen-bond acceptors (Lipinski definition) is 5. The van der Waals surface area contributed by atoms with E-state index in [1.54, 1.807) is 6.20 Å². The van der Waals surface area contributed by atoms with Gasteiger partial charge in [0, 0.05) is 52.4 Å². The van der Waals surface area contributed by atoms with Gasteiger partial charge in [-0.05, 0) is 50.2 Å². The standard InChI is InChI=1S/C25H21BrN4O/c1-3-30(4-2)17-9-11-20-22(14-17)31-23-15-21(28-24-7-5-6-12-27-24)19-13-16(26)8-10-18(19)25(23)29-20/h5-15H,3-4H2,1-2H3/b28-21+. The van der Waals surface area contributed by atoms with Crippen molar-refractivity contribution in [2.75, 3.05) is 18.0 Å². The third-order valence-electron chi connectivity index (χ3n) is 5.42. The molecule has 154 valence electrons. The van der Waals surface area contributed by atoms with E-state index in [2.05, 4.69) is 63.9 Å². The molecule has 0 fully saturated rings. The van der Waals surface area contributed by atoms with E-state index in [4.69, 9.17) is 14.4 Å². The summed E-state index contributed by atoms with van der Waals surface area (Å²) in [6.07, 6.45) is 1.74. The number of nitrogens with zero attached hydrogens (tertiary/aromatic N) is 4. The minimum Gasteiger partial charge on any atom is -0.453 e. The zero-order chi connectivity index (χ0) is 21.4. The summed E-state index contributed by atoms with van der Waals surface area (Å²) >= 11 is 3.59. The monoisotopic (exact) mass is 472 g/mol. The lowest BCUT2D eigenvalue weighted by atomic mass is 10.0. The Bertz CT molecular complexity index is 1420. The lowest BCUT2D eigenvalue weighted by Crippen LogP contribution is -2.21. The van der Waals surface area contributed by atoms with Gasteiger partial charge in [-0.3, -0.25) is 0 Å². The van der Waals surface area contributed by atoms with Gasteiger partial charge in [-0.1, -0.05) is 28.1 Å². The van der Waals surface area contributed by atoms with Crippen LogP contribution < -0.4 is 10.3 Å². The summed E-state index contributed by atoms with van der Waals surface area (Å²) in [6, 6.07) is 20.0. The molecule has 5 rings (SSSR count). The lowest BCUT2D eigenvalue weighted by molar-refractivity contribution is 0.613. The van der Waals surface area contributed by atoms with Crippen LogP contribution in [0.3, 0.4) is 0 Å². The zero-order valence-corrected chi connectivity index (χ0v) is 18.9. The Hall–Kier alpha value is -3.25. The van der Waals surface area contributed by atoms with Crippen LogP contribution in [0.1, 0.15) is 13.8 Å². The Morgan fingerprint density at radius 1 is 0.968 bits per heavy atom. The first kappa shape index (κ1) is 19.7. The smallest absolute Gasteiger partial charge is 0.155 e. The topological polar surface area (TPSA) is 54.5 Å². The minimum atomic E-state index is 0.653. The molecule has 1 aliphatic carbocycles. The van der Waals surface area contributed by atoms with Crippen molar-refractivity contribution < 1.29 is 4.42 Å². The molecule has 0 amide bonds. The van der Waals surface area contributed by atoms with Gasteiger partial charge in [0.1, 0.15) is 11.2 Å². The fourth-order valence-corrected chi connectivity index (χ4v) is 4.23. The van der Waals surface area contributed by atoms with E-state index in [1.807, 2.05) is 36.4 Å². The van der Waals surface area contributed by atoms with E-state index in [0.717, 1.165) is 56.2 Å². The molecule has 1 aliphatic heterocycles. The van der Waals surface area contributed by atoms with Crippen LogP contribution in [0.2, 0.25) is 0 Å². The molecule has 0 saturated heterocycles. The lowest BCUT2D eigenvalue weighted by Gasteiger charge is -2.21. The fourth-order valence-electron chi connectivity index (χ4n) is 3.87. The Morgan fingerprint density at radius 2 is 1.84 bits per heavy atom. The van der Waals surface area contributed by atoms with Crippen molar-refractivity contribution in [3.63, 3.8) is 0 Å².